The maximum atomic E-state index is 4.69. The summed E-state index contributed by atoms with van der Waals surface area (Å²) in [6, 6.07) is 12.4. The minimum absolute atomic E-state index is 0.706. The number of rotatable bonds is 5. The molecule has 0 amide bonds. The number of nitrogens with zero attached hydrogens (tertiary/aromatic N) is 5. The van der Waals surface area contributed by atoms with Crippen LogP contribution < -0.4 is 10.2 Å². The van der Waals surface area contributed by atoms with Gasteiger partial charge in [-0.25, -0.2) is 9.97 Å². The molecule has 1 aliphatic heterocycles. The van der Waals surface area contributed by atoms with Crippen LogP contribution in [0.25, 0.3) is 11.4 Å². The molecule has 6 heteroatoms. The number of benzene rings is 1. The molecule has 1 aliphatic rings. The summed E-state index contributed by atoms with van der Waals surface area (Å²) in [6.45, 7) is 12.0. The number of aryl methyl sites for hydroxylation is 2. The molecule has 4 rings (SSSR count). The van der Waals surface area contributed by atoms with Crippen molar-refractivity contribution in [2.45, 2.75) is 20.8 Å². The SMILES string of the molecule is CCN1CCN(c2ccc(Nc3cc(C)nc(-c4ccncc4)n3)cc2C)CC1. The molecule has 0 radical (unpaired) electrons. The number of aromatic nitrogens is 3. The van der Waals surface area contributed by atoms with Gasteiger partial charge in [0.05, 0.1) is 0 Å². The lowest BCUT2D eigenvalue weighted by Crippen LogP contribution is -2.46. The highest BCUT2D eigenvalue weighted by Crippen LogP contribution is 2.27. The highest BCUT2D eigenvalue weighted by atomic mass is 15.3. The van der Waals surface area contributed by atoms with E-state index in [2.05, 4.69) is 57.1 Å². The average Bonchev–Trinajstić information content (AvgIpc) is 2.74. The predicted molar refractivity (Wildman–Crippen MR) is 119 cm³/mol. The third-order valence-corrected chi connectivity index (χ3v) is 5.42. The van der Waals surface area contributed by atoms with Gasteiger partial charge in [0.15, 0.2) is 5.82 Å². The highest BCUT2D eigenvalue weighted by molar-refractivity contribution is 5.66. The van der Waals surface area contributed by atoms with Crippen molar-refractivity contribution in [2.75, 3.05) is 42.9 Å². The Bertz CT molecular complexity index is 964. The molecule has 3 heterocycles. The van der Waals surface area contributed by atoms with E-state index in [0.717, 1.165) is 55.5 Å². The van der Waals surface area contributed by atoms with E-state index in [1.54, 1.807) is 12.4 Å². The molecule has 2 aromatic heterocycles. The Balaban J connectivity index is 1.52. The number of hydrogen-bond acceptors (Lipinski definition) is 6. The van der Waals surface area contributed by atoms with Crippen LogP contribution in [0.1, 0.15) is 18.2 Å². The molecule has 0 atom stereocenters. The summed E-state index contributed by atoms with van der Waals surface area (Å²) in [4.78, 5) is 18.3. The van der Waals surface area contributed by atoms with E-state index in [4.69, 9.17) is 4.98 Å². The Morgan fingerprint density at radius 1 is 0.931 bits per heavy atom. The van der Waals surface area contributed by atoms with Crippen molar-refractivity contribution in [3.05, 3.63) is 60.0 Å². The third-order valence-electron chi connectivity index (χ3n) is 5.42. The van der Waals surface area contributed by atoms with Gasteiger partial charge in [-0.15, -0.1) is 0 Å². The molecule has 29 heavy (non-hydrogen) atoms. The monoisotopic (exact) mass is 388 g/mol. The van der Waals surface area contributed by atoms with E-state index in [9.17, 15) is 0 Å². The van der Waals surface area contributed by atoms with Crippen LogP contribution in [0.2, 0.25) is 0 Å². The van der Waals surface area contributed by atoms with E-state index in [1.165, 1.54) is 11.3 Å². The number of hydrogen-bond donors (Lipinski definition) is 1. The van der Waals surface area contributed by atoms with Crippen molar-refractivity contribution >= 4 is 17.2 Å². The average molecular weight is 389 g/mol. The van der Waals surface area contributed by atoms with Gasteiger partial charge < -0.3 is 15.1 Å². The van der Waals surface area contributed by atoms with Gasteiger partial charge in [-0.05, 0) is 56.3 Å². The molecule has 1 saturated heterocycles. The molecule has 6 nitrogen and oxygen atoms in total. The second-order valence-electron chi connectivity index (χ2n) is 7.50. The van der Waals surface area contributed by atoms with Gasteiger partial charge in [0.2, 0.25) is 0 Å². The van der Waals surface area contributed by atoms with Crippen molar-refractivity contribution in [1.29, 1.82) is 0 Å². The first-order valence-electron chi connectivity index (χ1n) is 10.2. The Kier molecular flexibility index (Phi) is 5.71. The topological polar surface area (TPSA) is 57.2 Å². The molecule has 150 valence electrons. The van der Waals surface area contributed by atoms with E-state index < -0.39 is 0 Å². The molecular weight excluding hydrogens is 360 g/mol. The van der Waals surface area contributed by atoms with E-state index in [0.29, 0.717) is 5.82 Å². The fourth-order valence-electron chi connectivity index (χ4n) is 3.80. The van der Waals surface area contributed by atoms with Crippen LogP contribution in [0.5, 0.6) is 0 Å². The Morgan fingerprint density at radius 2 is 1.69 bits per heavy atom. The van der Waals surface area contributed by atoms with Crippen molar-refractivity contribution in [3.8, 4) is 11.4 Å². The normalized spacial score (nSPS) is 14.8. The zero-order valence-electron chi connectivity index (χ0n) is 17.4. The summed E-state index contributed by atoms with van der Waals surface area (Å²) in [5.74, 6) is 1.50. The molecule has 1 fully saturated rings. The second-order valence-corrected chi connectivity index (χ2v) is 7.50. The van der Waals surface area contributed by atoms with Gasteiger partial charge in [0.1, 0.15) is 5.82 Å². The van der Waals surface area contributed by atoms with Crippen LogP contribution in [0.15, 0.2) is 48.8 Å². The molecule has 1 aromatic carbocycles. The highest BCUT2D eigenvalue weighted by Gasteiger charge is 2.17. The molecule has 0 bridgehead atoms. The van der Waals surface area contributed by atoms with E-state index in [1.807, 2.05) is 25.1 Å². The molecule has 0 saturated carbocycles. The minimum atomic E-state index is 0.706. The zero-order valence-corrected chi connectivity index (χ0v) is 17.4. The zero-order chi connectivity index (χ0) is 20.2. The number of likely N-dealkylation sites (N-methyl/N-ethyl adjacent to an activating group) is 1. The lowest BCUT2D eigenvalue weighted by Gasteiger charge is -2.36. The summed E-state index contributed by atoms with van der Waals surface area (Å²) >= 11 is 0. The quantitative estimate of drug-likeness (QED) is 0.712. The van der Waals surface area contributed by atoms with Gasteiger partial charge in [-0.2, -0.15) is 0 Å². The second kappa shape index (κ2) is 8.57. The first kappa shape index (κ1) is 19.3. The summed E-state index contributed by atoms with van der Waals surface area (Å²) in [6.07, 6.45) is 3.52. The van der Waals surface area contributed by atoms with E-state index >= 15 is 0 Å². The number of anilines is 3. The van der Waals surface area contributed by atoms with Crippen molar-refractivity contribution in [2.24, 2.45) is 0 Å². The Hall–Kier alpha value is -2.99. The first-order chi connectivity index (χ1) is 14.1. The van der Waals surface area contributed by atoms with Crippen molar-refractivity contribution in [1.82, 2.24) is 19.9 Å². The smallest absolute Gasteiger partial charge is 0.161 e. The predicted octanol–water partition coefficient (Wildman–Crippen LogP) is 4.04. The summed E-state index contributed by atoms with van der Waals surface area (Å²) in [5, 5.41) is 3.45. The Morgan fingerprint density at radius 3 is 2.38 bits per heavy atom. The molecule has 0 unspecified atom stereocenters. The van der Waals surface area contributed by atoms with Gasteiger partial charge in [0, 0.05) is 67.3 Å². The number of nitrogens with one attached hydrogen (secondary N) is 1. The van der Waals surface area contributed by atoms with Gasteiger partial charge in [-0.1, -0.05) is 6.92 Å². The van der Waals surface area contributed by atoms with Crippen molar-refractivity contribution < 1.29 is 0 Å². The van der Waals surface area contributed by atoms with Gasteiger partial charge >= 0.3 is 0 Å². The van der Waals surface area contributed by atoms with Gasteiger partial charge in [0.25, 0.3) is 0 Å². The lowest BCUT2D eigenvalue weighted by atomic mass is 10.1. The molecular formula is C23H28N6. The summed E-state index contributed by atoms with van der Waals surface area (Å²) in [7, 11) is 0. The molecule has 3 aromatic rings. The minimum Gasteiger partial charge on any atom is -0.369 e. The van der Waals surface area contributed by atoms with Crippen LogP contribution in [0, 0.1) is 13.8 Å². The standard InChI is InChI=1S/C23H28N6/c1-4-28-11-13-29(14-12-28)21-6-5-20(15-17(21)2)26-22-16-18(3)25-23(27-22)19-7-9-24-10-8-19/h5-10,15-16H,4,11-14H2,1-3H3,(H,25,26,27). The van der Waals surface area contributed by atoms with Crippen LogP contribution in [0.3, 0.4) is 0 Å². The number of piperazine rings is 1. The summed E-state index contributed by atoms with van der Waals surface area (Å²) < 4.78 is 0. The number of pyridine rings is 1. The fraction of sp³-hybridized carbons (Fsp3) is 0.348. The lowest BCUT2D eigenvalue weighted by molar-refractivity contribution is 0.271. The molecule has 1 N–H and O–H groups in total. The molecule has 0 aliphatic carbocycles. The molecule has 0 spiro atoms. The maximum absolute atomic E-state index is 4.69. The van der Waals surface area contributed by atoms with E-state index in [-0.39, 0.29) is 0 Å². The first-order valence-corrected chi connectivity index (χ1v) is 10.2. The summed E-state index contributed by atoms with van der Waals surface area (Å²) in [5.41, 5.74) is 5.53. The maximum Gasteiger partial charge on any atom is 0.161 e. The van der Waals surface area contributed by atoms with Crippen LogP contribution in [0.4, 0.5) is 17.2 Å². The van der Waals surface area contributed by atoms with Crippen LogP contribution in [-0.4, -0.2) is 52.6 Å². The van der Waals surface area contributed by atoms with Crippen molar-refractivity contribution in [3.63, 3.8) is 0 Å². The van der Waals surface area contributed by atoms with Crippen LogP contribution >= 0.6 is 0 Å². The fourth-order valence-corrected chi connectivity index (χ4v) is 3.80. The van der Waals surface area contributed by atoms with Crippen LogP contribution in [-0.2, 0) is 0 Å². The largest absolute Gasteiger partial charge is 0.369 e. The third kappa shape index (κ3) is 4.54. The van der Waals surface area contributed by atoms with Gasteiger partial charge in [-0.3, -0.25) is 4.98 Å². The Labute approximate surface area is 172 Å².